The highest BCUT2D eigenvalue weighted by molar-refractivity contribution is 5.94. The van der Waals surface area contributed by atoms with Crippen molar-refractivity contribution < 1.29 is 24.2 Å². The van der Waals surface area contributed by atoms with Gasteiger partial charge >= 0.3 is 12.0 Å². The molecule has 0 aliphatic carbocycles. The summed E-state index contributed by atoms with van der Waals surface area (Å²) < 4.78 is 6.01. The van der Waals surface area contributed by atoms with E-state index in [2.05, 4.69) is 22.2 Å². The zero-order chi connectivity index (χ0) is 32.1. The zero-order valence-corrected chi connectivity index (χ0v) is 25.9. The SMILES string of the molecule is CCCC[N+](CC)(C(=O)CN(Cc1ccc(OCc2ccccc2)cc1)C(=O)C(Cc1cnc[nH]1)NC(=O)O)c1ccccc1. The van der Waals surface area contributed by atoms with Crippen molar-refractivity contribution in [1.29, 1.82) is 0 Å². The molecule has 0 saturated carbocycles. The second kappa shape index (κ2) is 16.2. The van der Waals surface area contributed by atoms with E-state index in [0.29, 0.717) is 31.1 Å². The number of hydrogen-bond acceptors (Lipinski definition) is 5. The Labute approximate surface area is 264 Å². The first-order valence-corrected chi connectivity index (χ1v) is 15.3. The molecule has 45 heavy (non-hydrogen) atoms. The fraction of sp³-hybridized carbons (Fsp3) is 0.314. The Balaban J connectivity index is 1.62. The van der Waals surface area contributed by atoms with Crippen molar-refractivity contribution in [3.63, 3.8) is 0 Å². The molecule has 0 aliphatic rings. The minimum absolute atomic E-state index is 0.0599. The van der Waals surface area contributed by atoms with E-state index in [0.717, 1.165) is 29.7 Å². The number of quaternary nitrogens is 1. The number of imidazole rings is 1. The van der Waals surface area contributed by atoms with E-state index in [1.807, 2.05) is 91.9 Å². The maximum absolute atomic E-state index is 14.3. The highest BCUT2D eigenvalue weighted by Gasteiger charge is 2.39. The fourth-order valence-electron chi connectivity index (χ4n) is 5.40. The first-order chi connectivity index (χ1) is 21.8. The number of unbranched alkanes of at least 4 members (excludes halogenated alkanes) is 1. The van der Waals surface area contributed by atoms with Gasteiger partial charge < -0.3 is 25.0 Å². The monoisotopic (exact) mass is 612 g/mol. The van der Waals surface area contributed by atoms with Crippen molar-refractivity contribution in [1.82, 2.24) is 24.7 Å². The molecule has 0 fully saturated rings. The van der Waals surface area contributed by atoms with Gasteiger partial charge in [-0.1, -0.05) is 74.0 Å². The van der Waals surface area contributed by atoms with Gasteiger partial charge in [0, 0.05) is 24.9 Å². The van der Waals surface area contributed by atoms with Gasteiger partial charge in [0.15, 0.2) is 0 Å². The lowest BCUT2D eigenvalue weighted by atomic mass is 10.1. The summed E-state index contributed by atoms with van der Waals surface area (Å²) in [5.41, 5.74) is 3.29. The summed E-state index contributed by atoms with van der Waals surface area (Å²) in [6.45, 7) is 5.51. The van der Waals surface area contributed by atoms with Crippen molar-refractivity contribution >= 4 is 23.6 Å². The maximum Gasteiger partial charge on any atom is 0.405 e. The Morgan fingerprint density at radius 2 is 1.64 bits per heavy atom. The van der Waals surface area contributed by atoms with Crippen LogP contribution in [0.2, 0.25) is 0 Å². The van der Waals surface area contributed by atoms with Crippen LogP contribution in [0.4, 0.5) is 10.5 Å². The number of likely N-dealkylation sites (N-methyl/N-ethyl adjacent to an activating group) is 1. The molecule has 10 heteroatoms. The predicted molar refractivity (Wildman–Crippen MR) is 173 cm³/mol. The molecule has 4 aromatic rings. The van der Waals surface area contributed by atoms with Crippen molar-refractivity contribution in [3.05, 3.63) is 114 Å². The Morgan fingerprint density at radius 1 is 0.956 bits per heavy atom. The van der Waals surface area contributed by atoms with Crippen LogP contribution < -0.4 is 14.5 Å². The largest absolute Gasteiger partial charge is 0.489 e. The first-order valence-electron chi connectivity index (χ1n) is 15.3. The normalized spacial score (nSPS) is 12.9. The van der Waals surface area contributed by atoms with Gasteiger partial charge in [0.05, 0.1) is 19.4 Å². The smallest absolute Gasteiger partial charge is 0.405 e. The fourth-order valence-corrected chi connectivity index (χ4v) is 5.40. The summed E-state index contributed by atoms with van der Waals surface area (Å²) in [5.74, 6) is 0.0398. The van der Waals surface area contributed by atoms with Crippen LogP contribution in [0.5, 0.6) is 5.75 Å². The third kappa shape index (κ3) is 9.02. The van der Waals surface area contributed by atoms with Crippen molar-refractivity contribution in [2.75, 3.05) is 19.6 Å². The minimum Gasteiger partial charge on any atom is -0.489 e. The third-order valence-electron chi connectivity index (χ3n) is 7.92. The number of nitrogens with zero attached hydrogens (tertiary/aromatic N) is 3. The topological polar surface area (TPSA) is 125 Å². The van der Waals surface area contributed by atoms with E-state index >= 15 is 0 Å². The van der Waals surface area contributed by atoms with Crippen LogP contribution in [0.15, 0.2) is 97.5 Å². The number of aromatic nitrogens is 2. The molecule has 0 spiro atoms. The molecule has 3 aromatic carbocycles. The number of ether oxygens (including phenoxy) is 1. The van der Waals surface area contributed by atoms with Crippen molar-refractivity contribution in [3.8, 4) is 5.75 Å². The Hall–Kier alpha value is -4.96. The van der Waals surface area contributed by atoms with Crippen LogP contribution >= 0.6 is 0 Å². The molecule has 0 aliphatic heterocycles. The molecule has 0 bridgehead atoms. The molecule has 0 saturated heterocycles. The summed E-state index contributed by atoms with van der Waals surface area (Å²) in [4.78, 5) is 48.6. The number of carbonyl (C=O) groups excluding carboxylic acids is 2. The minimum atomic E-state index is -1.33. The molecule has 2 atom stereocenters. The van der Waals surface area contributed by atoms with Gasteiger partial charge in [0.1, 0.15) is 30.6 Å². The Bertz CT molecular complexity index is 1500. The van der Waals surface area contributed by atoms with Crippen molar-refractivity contribution in [2.45, 2.75) is 52.3 Å². The number of carbonyl (C=O) groups is 3. The highest BCUT2D eigenvalue weighted by Crippen LogP contribution is 2.26. The van der Waals surface area contributed by atoms with E-state index in [9.17, 15) is 19.5 Å². The molecule has 3 N–H and O–H groups in total. The molecule has 4 rings (SSSR count). The van der Waals surface area contributed by atoms with Crippen LogP contribution in [0.3, 0.4) is 0 Å². The molecule has 3 amide bonds. The Kier molecular flexibility index (Phi) is 11.9. The van der Waals surface area contributed by atoms with Crippen LogP contribution in [0.25, 0.3) is 0 Å². The van der Waals surface area contributed by atoms with Gasteiger partial charge in [-0.25, -0.2) is 19.1 Å². The quantitative estimate of drug-likeness (QED) is 0.143. The summed E-state index contributed by atoms with van der Waals surface area (Å²) in [6.07, 6.45) is 3.49. The molecule has 0 radical (unpaired) electrons. The molecule has 2 unspecified atom stereocenters. The lowest BCUT2D eigenvalue weighted by molar-refractivity contribution is -0.141. The number of benzene rings is 3. The van der Waals surface area contributed by atoms with E-state index in [4.69, 9.17) is 4.74 Å². The zero-order valence-electron chi connectivity index (χ0n) is 25.9. The van der Waals surface area contributed by atoms with E-state index in [-0.39, 0.29) is 29.9 Å². The van der Waals surface area contributed by atoms with Gasteiger partial charge in [-0.2, -0.15) is 0 Å². The number of carboxylic acid groups (broad SMARTS) is 1. The number of nitrogens with one attached hydrogen (secondary N) is 2. The molecule has 1 aromatic heterocycles. The predicted octanol–water partition coefficient (Wildman–Crippen LogP) is 5.55. The molecule has 10 nitrogen and oxygen atoms in total. The second-order valence-electron chi connectivity index (χ2n) is 11.0. The van der Waals surface area contributed by atoms with E-state index in [1.165, 1.54) is 11.2 Å². The lowest BCUT2D eigenvalue weighted by Crippen LogP contribution is -2.60. The molecular formula is C35H42N5O5+. The molecule has 236 valence electrons. The van der Waals surface area contributed by atoms with Crippen LogP contribution in [-0.2, 0) is 29.2 Å². The number of rotatable bonds is 16. The van der Waals surface area contributed by atoms with Gasteiger partial charge in [0.2, 0.25) is 5.91 Å². The number of H-pyrrole nitrogens is 1. The van der Waals surface area contributed by atoms with Gasteiger partial charge in [-0.3, -0.25) is 4.79 Å². The van der Waals surface area contributed by atoms with Crippen molar-refractivity contribution in [2.24, 2.45) is 0 Å². The first kappa shape index (κ1) is 32.9. The molecular weight excluding hydrogens is 570 g/mol. The van der Waals surface area contributed by atoms with Crippen LogP contribution in [0.1, 0.15) is 43.5 Å². The summed E-state index contributed by atoms with van der Waals surface area (Å²) in [7, 11) is 0. The number of hydrogen-bond donors (Lipinski definition) is 3. The number of aromatic amines is 1. The average Bonchev–Trinajstić information content (AvgIpc) is 3.58. The van der Waals surface area contributed by atoms with E-state index < -0.39 is 18.0 Å². The standard InChI is InChI=1S/C35H41N5O5/c1-3-5-20-40(4-2,30-14-10-7-11-15-30)33(41)24-39(34(42)32(38-35(43)44)21-29-22-36-26-37-29)23-27-16-18-31(19-17-27)45-25-28-12-8-6-9-13-28/h6-19,22,26,32,38H,3-5,20-21,23-25H2,1-2H3,(H-,36,37,43,44)/p+1. The third-order valence-corrected chi connectivity index (χ3v) is 7.92. The van der Waals surface area contributed by atoms with E-state index in [1.54, 1.807) is 6.20 Å². The lowest BCUT2D eigenvalue weighted by Gasteiger charge is -2.37. The highest BCUT2D eigenvalue weighted by atomic mass is 16.5. The summed E-state index contributed by atoms with van der Waals surface area (Å²) >= 11 is 0. The summed E-state index contributed by atoms with van der Waals surface area (Å²) in [5, 5.41) is 12.0. The van der Waals surface area contributed by atoms with Gasteiger partial charge in [0.25, 0.3) is 0 Å². The Morgan fingerprint density at radius 3 is 2.24 bits per heavy atom. The maximum atomic E-state index is 14.3. The van der Waals surface area contributed by atoms with Gasteiger partial charge in [-0.05, 0) is 48.7 Å². The number of para-hydroxylation sites is 1. The molecule has 1 heterocycles. The second-order valence-corrected chi connectivity index (χ2v) is 11.0. The number of amides is 3. The average molecular weight is 613 g/mol. The van der Waals surface area contributed by atoms with Crippen LogP contribution in [0, 0.1) is 0 Å². The van der Waals surface area contributed by atoms with Crippen LogP contribution in [-0.4, -0.2) is 63.6 Å². The summed E-state index contributed by atoms with van der Waals surface area (Å²) in [6, 6.07) is 25.7. The van der Waals surface area contributed by atoms with Gasteiger partial charge in [-0.15, -0.1) is 0 Å².